The molecule has 0 saturated carbocycles. The number of sulfonamides is 1. The molecule has 2 heterocycles. The monoisotopic (exact) mass is 472 g/mol. The van der Waals surface area contributed by atoms with E-state index in [1.807, 2.05) is 30.3 Å². The van der Waals surface area contributed by atoms with E-state index in [0.717, 1.165) is 18.4 Å². The van der Waals surface area contributed by atoms with Crippen LogP contribution in [0.4, 0.5) is 5.69 Å². The average molecular weight is 473 g/mol. The van der Waals surface area contributed by atoms with E-state index in [1.165, 1.54) is 28.2 Å². The Kier molecular flexibility index (Phi) is 6.92. The first-order valence-corrected chi connectivity index (χ1v) is 12.7. The molecule has 1 fully saturated rings. The van der Waals surface area contributed by atoms with Crippen molar-refractivity contribution in [2.45, 2.75) is 41.6 Å². The van der Waals surface area contributed by atoms with Crippen molar-refractivity contribution in [1.82, 2.24) is 14.5 Å². The maximum Gasteiger partial charge on any atom is 0.277 e. The van der Waals surface area contributed by atoms with Crippen LogP contribution in [0.25, 0.3) is 0 Å². The number of hydrogen-bond donors (Lipinski definition) is 1. The molecule has 4 rings (SSSR count). The predicted octanol–water partition coefficient (Wildman–Crippen LogP) is 3.56. The molecule has 1 saturated heterocycles. The molecule has 1 aliphatic rings. The summed E-state index contributed by atoms with van der Waals surface area (Å²) in [5.74, 6) is 0.245. The number of thioether (sulfide) groups is 1. The van der Waals surface area contributed by atoms with Crippen LogP contribution in [-0.4, -0.2) is 47.2 Å². The van der Waals surface area contributed by atoms with E-state index in [9.17, 15) is 13.2 Å². The molecule has 3 aromatic rings. The number of amides is 1. The largest absolute Gasteiger partial charge is 0.416 e. The number of rotatable bonds is 8. The van der Waals surface area contributed by atoms with Crippen molar-refractivity contribution < 1.29 is 17.6 Å². The second kappa shape index (κ2) is 9.85. The molecule has 8 nitrogen and oxygen atoms in total. The van der Waals surface area contributed by atoms with E-state index < -0.39 is 15.3 Å². The standard InChI is InChI=1S/C22H24N4O4S2/c1-16(31-22-25-24-20(30-22)15-17-7-3-2-4-8-17)21(27)23-18-9-11-19(12-10-18)32(28,29)26-13-5-6-14-26/h2-4,7-12,16H,5-6,13-15H2,1H3,(H,23,27)/t16-/m0/s1. The quantitative estimate of drug-likeness (QED) is 0.500. The predicted molar refractivity (Wildman–Crippen MR) is 122 cm³/mol. The minimum absolute atomic E-state index is 0.233. The van der Waals surface area contributed by atoms with E-state index in [0.29, 0.717) is 36.3 Å². The van der Waals surface area contributed by atoms with Gasteiger partial charge < -0.3 is 9.73 Å². The lowest BCUT2D eigenvalue weighted by Crippen LogP contribution is -2.27. The summed E-state index contributed by atoms with van der Waals surface area (Å²) >= 11 is 1.17. The molecule has 10 heteroatoms. The van der Waals surface area contributed by atoms with Crippen molar-refractivity contribution in [3.8, 4) is 0 Å². The van der Waals surface area contributed by atoms with Gasteiger partial charge in [-0.3, -0.25) is 4.79 Å². The van der Waals surface area contributed by atoms with Crippen LogP contribution in [0.15, 0.2) is 69.1 Å². The molecule has 2 aromatic carbocycles. The Labute approximate surface area is 191 Å². The van der Waals surface area contributed by atoms with Crippen LogP contribution in [0.1, 0.15) is 31.2 Å². The molecule has 0 aliphatic carbocycles. The highest BCUT2D eigenvalue weighted by atomic mass is 32.2. The summed E-state index contributed by atoms with van der Waals surface area (Å²) in [5, 5.41) is 10.7. The smallest absolute Gasteiger partial charge is 0.277 e. The van der Waals surface area contributed by atoms with Crippen molar-refractivity contribution in [3.05, 3.63) is 66.1 Å². The Balaban J connectivity index is 1.33. The van der Waals surface area contributed by atoms with Gasteiger partial charge in [-0.15, -0.1) is 10.2 Å². The van der Waals surface area contributed by atoms with Crippen molar-refractivity contribution in [2.24, 2.45) is 0 Å². The minimum Gasteiger partial charge on any atom is -0.416 e. The van der Waals surface area contributed by atoms with E-state index >= 15 is 0 Å². The molecular formula is C22H24N4O4S2. The summed E-state index contributed by atoms with van der Waals surface area (Å²) in [6, 6.07) is 16.0. The first kappa shape index (κ1) is 22.5. The Hall–Kier alpha value is -2.69. The van der Waals surface area contributed by atoms with E-state index in [-0.39, 0.29) is 10.8 Å². The van der Waals surface area contributed by atoms with Gasteiger partial charge in [0.1, 0.15) is 0 Å². The molecule has 1 aliphatic heterocycles. The van der Waals surface area contributed by atoms with Gasteiger partial charge in [0.15, 0.2) is 0 Å². The van der Waals surface area contributed by atoms with Crippen LogP contribution in [0.5, 0.6) is 0 Å². The summed E-state index contributed by atoms with van der Waals surface area (Å²) in [5.41, 5.74) is 1.59. The highest BCUT2D eigenvalue weighted by Crippen LogP contribution is 2.25. The number of aromatic nitrogens is 2. The summed E-state index contributed by atoms with van der Waals surface area (Å²) in [6.07, 6.45) is 2.30. The maximum absolute atomic E-state index is 12.6. The molecule has 1 amide bonds. The number of benzene rings is 2. The number of carbonyl (C=O) groups is 1. The summed E-state index contributed by atoms with van der Waals surface area (Å²) in [7, 11) is -3.47. The summed E-state index contributed by atoms with van der Waals surface area (Å²) in [6.45, 7) is 2.85. The van der Waals surface area contributed by atoms with Gasteiger partial charge in [-0.25, -0.2) is 8.42 Å². The van der Waals surface area contributed by atoms with Crippen molar-refractivity contribution in [1.29, 1.82) is 0 Å². The summed E-state index contributed by atoms with van der Waals surface area (Å²) < 4.78 is 32.4. The van der Waals surface area contributed by atoms with Gasteiger partial charge in [0.2, 0.25) is 21.8 Å². The Morgan fingerprint density at radius 3 is 2.47 bits per heavy atom. The molecule has 0 unspecified atom stereocenters. The highest BCUT2D eigenvalue weighted by molar-refractivity contribution is 8.00. The topological polar surface area (TPSA) is 105 Å². The van der Waals surface area contributed by atoms with Gasteiger partial charge in [-0.2, -0.15) is 4.31 Å². The molecular weight excluding hydrogens is 448 g/mol. The molecule has 0 bridgehead atoms. The fraction of sp³-hybridized carbons (Fsp3) is 0.318. The second-order valence-corrected chi connectivity index (χ2v) is 10.7. The number of anilines is 1. The molecule has 168 valence electrons. The third-order valence-corrected chi connectivity index (χ3v) is 7.97. The van der Waals surface area contributed by atoms with Crippen molar-refractivity contribution >= 4 is 33.4 Å². The molecule has 1 atom stereocenters. The van der Waals surface area contributed by atoms with E-state index in [2.05, 4.69) is 15.5 Å². The molecule has 0 spiro atoms. The van der Waals surface area contributed by atoms with Gasteiger partial charge in [-0.1, -0.05) is 42.1 Å². The van der Waals surface area contributed by atoms with Crippen molar-refractivity contribution in [2.75, 3.05) is 18.4 Å². The first-order valence-electron chi connectivity index (χ1n) is 10.4. The van der Waals surface area contributed by atoms with Gasteiger partial charge >= 0.3 is 0 Å². The number of nitrogens with one attached hydrogen (secondary N) is 1. The van der Waals surface area contributed by atoms with Crippen LogP contribution in [0.2, 0.25) is 0 Å². The van der Waals surface area contributed by atoms with Gasteiger partial charge in [0.25, 0.3) is 5.22 Å². The van der Waals surface area contributed by atoms with Crippen LogP contribution in [-0.2, 0) is 21.2 Å². The number of nitrogens with zero attached hydrogens (tertiary/aromatic N) is 3. The number of hydrogen-bond acceptors (Lipinski definition) is 7. The van der Waals surface area contributed by atoms with Crippen molar-refractivity contribution in [3.63, 3.8) is 0 Å². The molecule has 1 N–H and O–H groups in total. The van der Waals surface area contributed by atoms with Crippen LogP contribution in [0.3, 0.4) is 0 Å². The first-order chi connectivity index (χ1) is 15.4. The molecule has 1 aromatic heterocycles. The Morgan fingerprint density at radius 1 is 1.09 bits per heavy atom. The fourth-order valence-electron chi connectivity index (χ4n) is 3.36. The minimum atomic E-state index is -3.47. The van der Waals surface area contributed by atoms with Gasteiger partial charge in [0.05, 0.1) is 16.6 Å². The summed E-state index contributed by atoms with van der Waals surface area (Å²) in [4.78, 5) is 12.8. The zero-order chi connectivity index (χ0) is 22.6. The maximum atomic E-state index is 12.6. The Bertz CT molecular complexity index is 1160. The van der Waals surface area contributed by atoms with Gasteiger partial charge in [0, 0.05) is 18.8 Å². The van der Waals surface area contributed by atoms with E-state index in [4.69, 9.17) is 4.42 Å². The van der Waals surface area contributed by atoms with Crippen LogP contribution < -0.4 is 5.32 Å². The lowest BCUT2D eigenvalue weighted by molar-refractivity contribution is -0.115. The lowest BCUT2D eigenvalue weighted by atomic mass is 10.2. The second-order valence-electron chi connectivity index (χ2n) is 7.51. The van der Waals surface area contributed by atoms with Crippen LogP contribution >= 0.6 is 11.8 Å². The van der Waals surface area contributed by atoms with E-state index in [1.54, 1.807) is 19.1 Å². The zero-order valence-corrected chi connectivity index (χ0v) is 19.2. The number of carbonyl (C=O) groups excluding carboxylic acids is 1. The lowest BCUT2D eigenvalue weighted by Gasteiger charge is -2.16. The fourth-order valence-corrected chi connectivity index (χ4v) is 5.58. The Morgan fingerprint density at radius 2 is 1.78 bits per heavy atom. The third-order valence-electron chi connectivity index (χ3n) is 5.12. The zero-order valence-electron chi connectivity index (χ0n) is 17.6. The van der Waals surface area contributed by atoms with Crippen LogP contribution in [0, 0.1) is 0 Å². The molecule has 0 radical (unpaired) electrons. The average Bonchev–Trinajstić information content (AvgIpc) is 3.48. The highest BCUT2D eigenvalue weighted by Gasteiger charge is 2.27. The third kappa shape index (κ3) is 5.37. The molecule has 32 heavy (non-hydrogen) atoms. The normalized spacial score (nSPS) is 15.5. The van der Waals surface area contributed by atoms with Gasteiger partial charge in [-0.05, 0) is 49.6 Å². The SMILES string of the molecule is C[C@H](Sc1nnc(Cc2ccccc2)o1)C(=O)Nc1ccc(S(=O)(=O)N2CCCC2)cc1.